The minimum absolute atomic E-state index is 0.191. The molecule has 1 aromatic heterocycles. The summed E-state index contributed by atoms with van der Waals surface area (Å²) in [4.78, 5) is 1.46. The van der Waals surface area contributed by atoms with Crippen LogP contribution in [0.2, 0.25) is 0 Å². The first-order valence-electron chi connectivity index (χ1n) is 7.24. The Labute approximate surface area is 126 Å². The van der Waals surface area contributed by atoms with Crippen molar-refractivity contribution in [1.82, 2.24) is 9.62 Å². The standard InChI is InChI=1S/C14H24N2O2S2/c1-4-8-15-9-13-14(11(2)10-19-13)20(17,18)16(3)12-6-5-7-12/h10,12,15H,4-9H2,1-3H3. The minimum Gasteiger partial charge on any atom is -0.312 e. The summed E-state index contributed by atoms with van der Waals surface area (Å²) in [5.41, 5.74) is 0.870. The van der Waals surface area contributed by atoms with Gasteiger partial charge in [-0.25, -0.2) is 8.42 Å². The minimum atomic E-state index is -3.35. The molecule has 0 bridgehead atoms. The van der Waals surface area contributed by atoms with E-state index < -0.39 is 10.0 Å². The number of sulfonamides is 1. The zero-order valence-electron chi connectivity index (χ0n) is 12.5. The monoisotopic (exact) mass is 316 g/mol. The summed E-state index contributed by atoms with van der Waals surface area (Å²) in [7, 11) is -1.63. The molecule has 114 valence electrons. The van der Waals surface area contributed by atoms with E-state index >= 15 is 0 Å². The molecule has 0 spiro atoms. The van der Waals surface area contributed by atoms with Crippen LogP contribution in [0.15, 0.2) is 10.3 Å². The maximum Gasteiger partial charge on any atom is 0.244 e. The zero-order valence-corrected chi connectivity index (χ0v) is 14.1. The van der Waals surface area contributed by atoms with E-state index in [1.165, 1.54) is 11.3 Å². The van der Waals surface area contributed by atoms with Crippen molar-refractivity contribution in [3.63, 3.8) is 0 Å². The van der Waals surface area contributed by atoms with Crippen LogP contribution in [0.25, 0.3) is 0 Å². The van der Waals surface area contributed by atoms with Gasteiger partial charge in [0.15, 0.2) is 0 Å². The van der Waals surface area contributed by atoms with Gasteiger partial charge in [0.25, 0.3) is 0 Å². The van der Waals surface area contributed by atoms with Gasteiger partial charge in [0.1, 0.15) is 4.90 Å². The average Bonchev–Trinajstić information content (AvgIpc) is 2.69. The smallest absolute Gasteiger partial charge is 0.244 e. The largest absolute Gasteiger partial charge is 0.312 e. The van der Waals surface area contributed by atoms with Crippen LogP contribution in [0.3, 0.4) is 0 Å². The molecule has 20 heavy (non-hydrogen) atoms. The molecule has 0 aromatic carbocycles. The van der Waals surface area contributed by atoms with Crippen molar-refractivity contribution < 1.29 is 8.42 Å². The lowest BCUT2D eigenvalue weighted by Gasteiger charge is -2.34. The molecule has 6 heteroatoms. The van der Waals surface area contributed by atoms with Gasteiger partial charge >= 0.3 is 0 Å². The first-order chi connectivity index (χ1) is 9.48. The Morgan fingerprint density at radius 1 is 1.45 bits per heavy atom. The van der Waals surface area contributed by atoms with Gasteiger partial charge in [-0.2, -0.15) is 4.31 Å². The summed E-state index contributed by atoms with van der Waals surface area (Å²) in [5.74, 6) is 0. The van der Waals surface area contributed by atoms with Crippen molar-refractivity contribution in [2.45, 2.75) is 57.0 Å². The molecule has 0 amide bonds. The van der Waals surface area contributed by atoms with Crippen molar-refractivity contribution in [1.29, 1.82) is 0 Å². The first-order valence-corrected chi connectivity index (χ1v) is 9.56. The highest BCUT2D eigenvalue weighted by Gasteiger charge is 2.34. The third-order valence-corrected chi connectivity index (χ3v) is 7.30. The third kappa shape index (κ3) is 3.08. The Bertz CT molecular complexity index is 548. The SMILES string of the molecule is CCCNCc1scc(C)c1S(=O)(=O)N(C)C1CCC1. The molecule has 1 aliphatic carbocycles. The lowest BCUT2D eigenvalue weighted by atomic mass is 9.94. The van der Waals surface area contributed by atoms with E-state index in [2.05, 4.69) is 12.2 Å². The summed E-state index contributed by atoms with van der Waals surface area (Å²) in [6.45, 7) is 5.55. The number of hydrogen-bond donors (Lipinski definition) is 1. The fraction of sp³-hybridized carbons (Fsp3) is 0.714. The topological polar surface area (TPSA) is 49.4 Å². The molecule has 1 N–H and O–H groups in total. The molecule has 1 aromatic rings. The van der Waals surface area contributed by atoms with Gasteiger partial charge in [0.05, 0.1) is 0 Å². The molecule has 1 fully saturated rings. The van der Waals surface area contributed by atoms with Crippen molar-refractivity contribution in [2.24, 2.45) is 0 Å². The molecule has 2 rings (SSSR count). The number of aryl methyl sites for hydroxylation is 1. The van der Waals surface area contributed by atoms with Crippen LogP contribution in [0.5, 0.6) is 0 Å². The van der Waals surface area contributed by atoms with Crippen LogP contribution < -0.4 is 5.32 Å². The van der Waals surface area contributed by atoms with Gasteiger partial charge in [-0.3, -0.25) is 0 Å². The van der Waals surface area contributed by atoms with E-state index in [0.29, 0.717) is 11.4 Å². The predicted molar refractivity (Wildman–Crippen MR) is 83.6 cm³/mol. The summed E-state index contributed by atoms with van der Waals surface area (Å²) < 4.78 is 27.2. The second-order valence-electron chi connectivity index (χ2n) is 5.45. The normalized spacial score (nSPS) is 16.6. The molecule has 1 aliphatic rings. The Balaban J connectivity index is 2.23. The van der Waals surface area contributed by atoms with E-state index in [1.54, 1.807) is 11.4 Å². The van der Waals surface area contributed by atoms with E-state index in [9.17, 15) is 8.42 Å². The van der Waals surface area contributed by atoms with Gasteiger partial charge < -0.3 is 5.32 Å². The second kappa shape index (κ2) is 6.56. The van der Waals surface area contributed by atoms with Gasteiger partial charge in [0, 0.05) is 24.5 Å². The summed E-state index contributed by atoms with van der Waals surface area (Å²) in [6.07, 6.45) is 4.16. The highest BCUT2D eigenvalue weighted by atomic mass is 32.2. The first kappa shape index (κ1) is 15.9. The van der Waals surface area contributed by atoms with Gasteiger partial charge in [-0.1, -0.05) is 13.3 Å². The molecule has 0 unspecified atom stereocenters. The number of thiophene rings is 1. The van der Waals surface area contributed by atoms with Crippen molar-refractivity contribution in [3.05, 3.63) is 15.8 Å². The van der Waals surface area contributed by atoms with E-state index in [0.717, 1.165) is 42.7 Å². The second-order valence-corrected chi connectivity index (χ2v) is 8.35. The maximum absolute atomic E-state index is 12.8. The fourth-order valence-corrected chi connectivity index (χ4v) is 5.57. The number of rotatable bonds is 7. The van der Waals surface area contributed by atoms with Crippen molar-refractivity contribution >= 4 is 21.4 Å². The number of hydrogen-bond acceptors (Lipinski definition) is 4. The third-order valence-electron chi connectivity index (χ3n) is 3.93. The van der Waals surface area contributed by atoms with E-state index in [1.807, 2.05) is 12.3 Å². The molecule has 0 atom stereocenters. The summed E-state index contributed by atoms with van der Waals surface area (Å²) in [6, 6.07) is 0.191. The average molecular weight is 316 g/mol. The summed E-state index contributed by atoms with van der Waals surface area (Å²) in [5, 5.41) is 5.25. The maximum atomic E-state index is 12.8. The molecular formula is C14H24N2O2S2. The van der Waals surface area contributed by atoms with Crippen LogP contribution in [0, 0.1) is 6.92 Å². The van der Waals surface area contributed by atoms with Crippen LogP contribution in [-0.4, -0.2) is 32.4 Å². The highest BCUT2D eigenvalue weighted by molar-refractivity contribution is 7.89. The molecule has 4 nitrogen and oxygen atoms in total. The van der Waals surface area contributed by atoms with Crippen LogP contribution >= 0.6 is 11.3 Å². The molecular weight excluding hydrogens is 292 g/mol. The quantitative estimate of drug-likeness (QED) is 0.787. The number of nitrogens with one attached hydrogen (secondary N) is 1. The van der Waals surface area contributed by atoms with Crippen LogP contribution in [0.4, 0.5) is 0 Å². The molecule has 0 aliphatic heterocycles. The fourth-order valence-electron chi connectivity index (χ4n) is 2.42. The number of nitrogens with zero attached hydrogens (tertiary/aromatic N) is 1. The predicted octanol–water partition coefficient (Wildman–Crippen LogP) is 2.73. The molecule has 0 radical (unpaired) electrons. The lowest BCUT2D eigenvalue weighted by Crippen LogP contribution is -2.41. The van der Waals surface area contributed by atoms with Gasteiger partial charge in [0.2, 0.25) is 10.0 Å². The molecule has 1 saturated carbocycles. The van der Waals surface area contributed by atoms with E-state index in [4.69, 9.17) is 0 Å². The Morgan fingerprint density at radius 3 is 2.70 bits per heavy atom. The Kier molecular flexibility index (Phi) is 5.23. The van der Waals surface area contributed by atoms with Crippen LogP contribution in [-0.2, 0) is 16.6 Å². The Morgan fingerprint density at radius 2 is 2.15 bits per heavy atom. The van der Waals surface area contributed by atoms with Gasteiger partial charge in [-0.05, 0) is 43.7 Å². The van der Waals surface area contributed by atoms with Gasteiger partial charge in [-0.15, -0.1) is 11.3 Å². The Hall–Kier alpha value is -0.430. The summed E-state index contributed by atoms with van der Waals surface area (Å²) >= 11 is 1.54. The van der Waals surface area contributed by atoms with Crippen molar-refractivity contribution in [3.8, 4) is 0 Å². The van der Waals surface area contributed by atoms with E-state index in [-0.39, 0.29) is 6.04 Å². The zero-order chi connectivity index (χ0) is 14.8. The lowest BCUT2D eigenvalue weighted by molar-refractivity contribution is 0.249. The van der Waals surface area contributed by atoms with Crippen LogP contribution in [0.1, 0.15) is 43.0 Å². The highest BCUT2D eigenvalue weighted by Crippen LogP contribution is 2.33. The molecule has 1 heterocycles. The van der Waals surface area contributed by atoms with Crippen molar-refractivity contribution in [2.75, 3.05) is 13.6 Å². The molecule has 0 saturated heterocycles.